The van der Waals surface area contributed by atoms with E-state index in [-0.39, 0.29) is 22.6 Å². The van der Waals surface area contributed by atoms with Crippen LogP contribution in [0.5, 0.6) is 0 Å². The first-order valence-corrected chi connectivity index (χ1v) is 9.21. The lowest BCUT2D eigenvalue weighted by Gasteiger charge is -2.26. The van der Waals surface area contributed by atoms with E-state index in [4.69, 9.17) is 5.73 Å². The van der Waals surface area contributed by atoms with Gasteiger partial charge < -0.3 is 15.2 Å². The highest BCUT2D eigenvalue weighted by molar-refractivity contribution is 7.89. The van der Waals surface area contributed by atoms with Crippen molar-refractivity contribution < 1.29 is 27.5 Å². The number of hydrogen-bond donors (Lipinski definition) is 2. The molecule has 25 heavy (non-hydrogen) atoms. The monoisotopic (exact) mass is 372 g/mol. The number of nitrogens with two attached hydrogens (primary N) is 1. The Bertz CT molecular complexity index is 707. The first kappa shape index (κ1) is 21.1. The molecule has 0 radical (unpaired) electrons. The number of sulfonamides is 1. The summed E-state index contributed by atoms with van der Waals surface area (Å²) < 4.78 is 36.8. The Kier molecular flexibility index (Phi) is 7.09. The number of ether oxygens (including phenoxy) is 2. The van der Waals surface area contributed by atoms with Gasteiger partial charge in [0, 0.05) is 12.1 Å². The Morgan fingerprint density at radius 1 is 1.04 bits per heavy atom. The van der Waals surface area contributed by atoms with Crippen LogP contribution in [-0.2, 0) is 19.5 Å². The summed E-state index contributed by atoms with van der Waals surface area (Å²) in [5.41, 5.74) is 5.28. The van der Waals surface area contributed by atoms with Crippen LogP contribution < -0.4 is 10.5 Å². The molecule has 0 heterocycles. The average Bonchev–Trinajstić information content (AvgIpc) is 2.64. The highest BCUT2D eigenvalue weighted by atomic mass is 32.2. The molecule has 1 aromatic rings. The van der Waals surface area contributed by atoms with Gasteiger partial charge in [-0.3, -0.25) is 0 Å². The summed E-state index contributed by atoms with van der Waals surface area (Å²) >= 11 is 0. The van der Waals surface area contributed by atoms with Crippen molar-refractivity contribution in [2.24, 2.45) is 5.73 Å². The zero-order valence-corrected chi connectivity index (χ0v) is 15.6. The van der Waals surface area contributed by atoms with Crippen molar-refractivity contribution in [2.75, 3.05) is 20.8 Å². The zero-order chi connectivity index (χ0) is 19.3. The van der Waals surface area contributed by atoms with Gasteiger partial charge in [-0.05, 0) is 31.0 Å². The van der Waals surface area contributed by atoms with E-state index in [0.717, 1.165) is 26.4 Å². The number of esters is 2. The summed E-state index contributed by atoms with van der Waals surface area (Å²) in [6, 6.07) is 3.48. The maximum Gasteiger partial charge on any atom is 0.337 e. The molecule has 1 aromatic carbocycles. The van der Waals surface area contributed by atoms with Crippen LogP contribution in [0.4, 0.5) is 0 Å². The van der Waals surface area contributed by atoms with E-state index < -0.39 is 27.5 Å². The van der Waals surface area contributed by atoms with Crippen LogP contribution in [0.3, 0.4) is 0 Å². The Balaban J connectivity index is 3.29. The van der Waals surface area contributed by atoms with Crippen LogP contribution >= 0.6 is 0 Å². The van der Waals surface area contributed by atoms with Gasteiger partial charge in [-0.25, -0.2) is 22.7 Å². The minimum atomic E-state index is -3.99. The molecule has 0 aliphatic rings. The van der Waals surface area contributed by atoms with Crippen molar-refractivity contribution in [1.29, 1.82) is 0 Å². The van der Waals surface area contributed by atoms with Gasteiger partial charge in [0.1, 0.15) is 0 Å². The summed E-state index contributed by atoms with van der Waals surface area (Å²) in [4.78, 5) is 23.3. The minimum Gasteiger partial charge on any atom is -0.465 e. The number of rotatable bonds is 8. The molecule has 0 unspecified atom stereocenters. The maximum atomic E-state index is 12.6. The van der Waals surface area contributed by atoms with Gasteiger partial charge in [-0.15, -0.1) is 0 Å². The summed E-state index contributed by atoms with van der Waals surface area (Å²) in [7, 11) is -1.67. The molecule has 1 rings (SSSR count). The van der Waals surface area contributed by atoms with Crippen molar-refractivity contribution in [2.45, 2.75) is 37.1 Å². The van der Waals surface area contributed by atoms with E-state index in [0.29, 0.717) is 12.8 Å². The molecule has 0 fully saturated rings. The second-order valence-corrected chi connectivity index (χ2v) is 7.39. The fourth-order valence-corrected chi connectivity index (χ4v) is 3.26. The van der Waals surface area contributed by atoms with Crippen molar-refractivity contribution in [1.82, 2.24) is 4.72 Å². The van der Waals surface area contributed by atoms with E-state index in [2.05, 4.69) is 14.2 Å². The van der Waals surface area contributed by atoms with E-state index in [1.807, 2.05) is 13.8 Å². The topological polar surface area (TPSA) is 125 Å². The number of methoxy groups -OCH3 is 2. The molecular weight excluding hydrogens is 348 g/mol. The summed E-state index contributed by atoms with van der Waals surface area (Å²) in [5, 5.41) is 0. The average molecular weight is 372 g/mol. The third-order valence-electron chi connectivity index (χ3n) is 4.08. The fraction of sp³-hybridized carbons (Fsp3) is 0.500. The molecule has 0 amide bonds. The molecule has 0 saturated heterocycles. The Hall–Kier alpha value is -1.97. The lowest BCUT2D eigenvalue weighted by molar-refractivity contribution is 0.0598. The standard InChI is InChI=1S/C16H24N2O6S/c1-5-16(17,6-2)10-18-25(21,22)13-8-11(14(19)23-3)7-12(9-13)15(20)24-4/h7-9,18H,5-6,10,17H2,1-4H3. The highest BCUT2D eigenvalue weighted by Gasteiger charge is 2.26. The SMILES string of the molecule is CCC(N)(CC)CNS(=O)(=O)c1cc(C(=O)OC)cc(C(=O)OC)c1. The summed E-state index contributed by atoms with van der Waals surface area (Å²) in [5.74, 6) is -1.53. The Morgan fingerprint density at radius 2 is 1.48 bits per heavy atom. The molecule has 9 heteroatoms. The predicted molar refractivity (Wildman–Crippen MR) is 91.8 cm³/mol. The predicted octanol–water partition coefficient (Wildman–Crippen LogP) is 1.06. The number of hydrogen-bond acceptors (Lipinski definition) is 7. The third kappa shape index (κ3) is 5.25. The maximum absolute atomic E-state index is 12.6. The van der Waals surface area contributed by atoms with Crippen molar-refractivity contribution in [3.05, 3.63) is 29.3 Å². The normalized spacial score (nSPS) is 11.9. The first-order chi connectivity index (χ1) is 11.6. The second kappa shape index (κ2) is 8.41. The van der Waals surface area contributed by atoms with Crippen molar-refractivity contribution in [3.8, 4) is 0 Å². The van der Waals surface area contributed by atoms with Crippen molar-refractivity contribution in [3.63, 3.8) is 0 Å². The van der Waals surface area contributed by atoms with Crippen LogP contribution in [0.15, 0.2) is 23.1 Å². The smallest absolute Gasteiger partial charge is 0.337 e. The van der Waals surface area contributed by atoms with E-state index >= 15 is 0 Å². The number of carbonyl (C=O) groups excluding carboxylic acids is 2. The number of carbonyl (C=O) groups is 2. The van der Waals surface area contributed by atoms with Gasteiger partial charge in [-0.1, -0.05) is 13.8 Å². The van der Waals surface area contributed by atoms with Gasteiger partial charge in [-0.2, -0.15) is 0 Å². The summed E-state index contributed by atoms with van der Waals surface area (Å²) in [6.45, 7) is 3.76. The Labute approximate surface area is 147 Å². The molecule has 8 nitrogen and oxygen atoms in total. The van der Waals surface area contributed by atoms with Crippen LogP contribution in [0.25, 0.3) is 0 Å². The lowest BCUT2D eigenvalue weighted by Crippen LogP contribution is -2.49. The molecule has 3 N–H and O–H groups in total. The fourth-order valence-electron chi connectivity index (χ4n) is 2.05. The van der Waals surface area contributed by atoms with E-state index in [1.54, 1.807) is 0 Å². The van der Waals surface area contributed by atoms with E-state index in [1.165, 1.54) is 6.07 Å². The molecule has 0 atom stereocenters. The first-order valence-electron chi connectivity index (χ1n) is 7.72. The Morgan fingerprint density at radius 3 is 1.84 bits per heavy atom. The summed E-state index contributed by atoms with van der Waals surface area (Å²) in [6.07, 6.45) is 1.17. The molecule has 140 valence electrons. The van der Waals surface area contributed by atoms with Crippen LogP contribution in [0.1, 0.15) is 47.4 Å². The number of nitrogens with one attached hydrogen (secondary N) is 1. The minimum absolute atomic E-state index is 0.0261. The highest BCUT2D eigenvalue weighted by Crippen LogP contribution is 2.18. The molecule has 0 saturated carbocycles. The quantitative estimate of drug-likeness (QED) is 0.654. The lowest BCUT2D eigenvalue weighted by atomic mass is 9.95. The molecule has 0 bridgehead atoms. The molecule has 0 aromatic heterocycles. The second-order valence-electron chi connectivity index (χ2n) is 5.62. The van der Waals surface area contributed by atoms with Gasteiger partial charge >= 0.3 is 11.9 Å². The van der Waals surface area contributed by atoms with Crippen molar-refractivity contribution >= 4 is 22.0 Å². The van der Waals surface area contributed by atoms with Gasteiger partial charge in [0.15, 0.2) is 0 Å². The van der Waals surface area contributed by atoms with Crippen LogP contribution in [0.2, 0.25) is 0 Å². The molecule has 0 spiro atoms. The van der Waals surface area contributed by atoms with Gasteiger partial charge in [0.2, 0.25) is 10.0 Å². The molecule has 0 aliphatic heterocycles. The molecule has 0 aliphatic carbocycles. The zero-order valence-electron chi connectivity index (χ0n) is 14.8. The van der Waals surface area contributed by atoms with E-state index in [9.17, 15) is 18.0 Å². The van der Waals surface area contributed by atoms with Gasteiger partial charge in [0.25, 0.3) is 0 Å². The van der Waals surface area contributed by atoms with Crippen LogP contribution in [-0.4, -0.2) is 46.7 Å². The third-order valence-corrected chi connectivity index (χ3v) is 5.46. The van der Waals surface area contributed by atoms with Gasteiger partial charge in [0.05, 0.1) is 30.2 Å². The molecular formula is C16H24N2O6S. The largest absolute Gasteiger partial charge is 0.465 e. The van der Waals surface area contributed by atoms with Crippen LogP contribution in [0, 0.1) is 0 Å². The number of benzene rings is 1.